The van der Waals surface area contributed by atoms with Crippen LogP contribution in [-0.4, -0.2) is 56.5 Å². The van der Waals surface area contributed by atoms with E-state index in [0.29, 0.717) is 10.7 Å². The minimum atomic E-state index is -0.0402. The maximum Gasteiger partial charge on any atom is 0.211 e. The van der Waals surface area contributed by atoms with Crippen LogP contribution in [0.3, 0.4) is 0 Å². The molecule has 1 fully saturated rings. The van der Waals surface area contributed by atoms with E-state index in [2.05, 4.69) is 30.2 Å². The molecule has 1 N–H and O–H groups in total. The average Bonchev–Trinajstić information content (AvgIpc) is 3.26. The molecule has 1 aliphatic rings. The van der Waals surface area contributed by atoms with Gasteiger partial charge in [-0.05, 0) is 0 Å². The Labute approximate surface area is 136 Å². The number of rotatable bonds is 4. The second-order valence-electron chi connectivity index (χ2n) is 5.24. The number of hydrogen-bond donors (Lipinski definition) is 1. The zero-order valence-electron chi connectivity index (χ0n) is 12.3. The van der Waals surface area contributed by atoms with Gasteiger partial charge in [0.1, 0.15) is 6.33 Å². The van der Waals surface area contributed by atoms with Gasteiger partial charge in [-0.1, -0.05) is 0 Å². The number of ketones is 1. The lowest BCUT2D eigenvalue weighted by atomic mass is 10.3. The van der Waals surface area contributed by atoms with Gasteiger partial charge in [0.05, 0.1) is 12.9 Å². The van der Waals surface area contributed by atoms with Crippen LogP contribution in [0.1, 0.15) is 9.80 Å². The van der Waals surface area contributed by atoms with Gasteiger partial charge >= 0.3 is 0 Å². The third kappa shape index (κ3) is 2.68. The van der Waals surface area contributed by atoms with Crippen LogP contribution in [0.25, 0.3) is 11.2 Å². The number of aromatic nitrogens is 5. The Kier molecular flexibility index (Phi) is 3.72. The molecule has 118 valence electrons. The topological polar surface area (TPSA) is 88.8 Å². The molecule has 23 heavy (non-hydrogen) atoms. The molecule has 0 aromatic carbocycles. The zero-order valence-corrected chi connectivity index (χ0v) is 13.2. The fourth-order valence-electron chi connectivity index (χ4n) is 2.68. The molecular weight excluding hydrogens is 314 g/mol. The first-order chi connectivity index (χ1) is 11.3. The van der Waals surface area contributed by atoms with Crippen molar-refractivity contribution in [2.75, 3.05) is 31.1 Å². The van der Waals surface area contributed by atoms with E-state index in [-0.39, 0.29) is 12.3 Å². The lowest BCUT2D eigenvalue weighted by Gasteiger charge is -2.28. The molecule has 9 heteroatoms. The summed E-state index contributed by atoms with van der Waals surface area (Å²) >= 11 is 1.34. The van der Waals surface area contributed by atoms with E-state index in [4.69, 9.17) is 0 Å². The Morgan fingerprint density at radius 1 is 1.22 bits per heavy atom. The molecule has 0 atom stereocenters. The molecule has 0 amide bonds. The highest BCUT2D eigenvalue weighted by atomic mass is 32.1. The van der Waals surface area contributed by atoms with E-state index in [1.807, 2.05) is 0 Å². The third-order valence-electron chi connectivity index (χ3n) is 3.78. The van der Waals surface area contributed by atoms with Crippen molar-refractivity contribution in [2.24, 2.45) is 0 Å². The number of piperazine rings is 1. The van der Waals surface area contributed by atoms with Gasteiger partial charge in [0.15, 0.2) is 22.0 Å². The number of Topliss-reactive ketones (excluding diaryl/α,β-unsaturated/α-hetero) is 1. The quantitative estimate of drug-likeness (QED) is 0.700. The number of nitrogens with one attached hydrogen (secondary N) is 1. The summed E-state index contributed by atoms with van der Waals surface area (Å²) in [4.78, 5) is 31.6. The van der Waals surface area contributed by atoms with Crippen LogP contribution in [0.5, 0.6) is 0 Å². The molecule has 0 bridgehead atoms. The summed E-state index contributed by atoms with van der Waals surface area (Å²) in [6.07, 6.45) is 4.82. The fraction of sp³-hybridized carbons (Fsp3) is 0.357. The number of carbonyl (C=O) groups excluding carboxylic acids is 1. The molecule has 4 heterocycles. The van der Waals surface area contributed by atoms with Gasteiger partial charge < -0.3 is 14.8 Å². The molecule has 0 aliphatic carbocycles. The van der Waals surface area contributed by atoms with Gasteiger partial charge in [0, 0.05) is 37.8 Å². The van der Waals surface area contributed by atoms with Crippen molar-refractivity contribution >= 4 is 34.1 Å². The van der Waals surface area contributed by atoms with Crippen LogP contribution in [0.4, 0.5) is 5.82 Å². The molecule has 0 radical (unpaired) electrons. The maximum atomic E-state index is 12.2. The predicted molar refractivity (Wildman–Crippen MR) is 86.9 cm³/mol. The Bertz CT molecular complexity index is 823. The summed E-state index contributed by atoms with van der Waals surface area (Å²) < 4.78 is 1.76. The summed E-state index contributed by atoms with van der Waals surface area (Å²) in [5, 5.41) is 5.62. The standard InChI is InChI=1S/C14H15N7OS/c22-10(14-16-3-6-23-14)7-21-9-19-11-12(17-8-18-13(11)21)20-4-1-15-2-5-20/h3,6,8-9,15H,1-2,4-5,7H2. The largest absolute Gasteiger partial charge is 0.352 e. The monoisotopic (exact) mass is 329 g/mol. The van der Waals surface area contributed by atoms with Gasteiger partial charge in [-0.2, -0.15) is 0 Å². The minimum Gasteiger partial charge on any atom is -0.352 e. The first-order valence-corrected chi connectivity index (χ1v) is 8.25. The Hall–Kier alpha value is -2.39. The van der Waals surface area contributed by atoms with Gasteiger partial charge in [0.2, 0.25) is 5.78 Å². The molecule has 0 saturated carbocycles. The van der Waals surface area contributed by atoms with Crippen LogP contribution in [0, 0.1) is 0 Å². The van der Waals surface area contributed by atoms with E-state index in [1.165, 1.54) is 17.7 Å². The molecule has 4 rings (SSSR count). The summed E-state index contributed by atoms with van der Waals surface area (Å²) in [6, 6.07) is 0. The maximum absolute atomic E-state index is 12.2. The van der Waals surface area contributed by atoms with Crippen LogP contribution >= 0.6 is 11.3 Å². The van der Waals surface area contributed by atoms with E-state index in [9.17, 15) is 4.79 Å². The van der Waals surface area contributed by atoms with Crippen LogP contribution < -0.4 is 10.2 Å². The summed E-state index contributed by atoms with van der Waals surface area (Å²) in [5.41, 5.74) is 1.42. The average molecular weight is 329 g/mol. The van der Waals surface area contributed by atoms with Crippen LogP contribution in [-0.2, 0) is 6.54 Å². The van der Waals surface area contributed by atoms with Crippen LogP contribution in [0.15, 0.2) is 24.2 Å². The van der Waals surface area contributed by atoms with Gasteiger partial charge in [-0.15, -0.1) is 11.3 Å². The van der Waals surface area contributed by atoms with Crippen molar-refractivity contribution in [3.63, 3.8) is 0 Å². The summed E-state index contributed by atoms with van der Waals surface area (Å²) in [7, 11) is 0. The van der Waals surface area contributed by atoms with Gasteiger partial charge in [-0.25, -0.2) is 19.9 Å². The highest BCUT2D eigenvalue weighted by molar-refractivity contribution is 7.11. The summed E-state index contributed by atoms with van der Waals surface area (Å²) in [6.45, 7) is 3.81. The molecule has 0 spiro atoms. The Balaban J connectivity index is 1.66. The Morgan fingerprint density at radius 2 is 2.09 bits per heavy atom. The van der Waals surface area contributed by atoms with Crippen LogP contribution in [0.2, 0.25) is 0 Å². The molecule has 0 unspecified atom stereocenters. The second-order valence-corrected chi connectivity index (χ2v) is 6.13. The number of carbonyl (C=O) groups is 1. The summed E-state index contributed by atoms with van der Waals surface area (Å²) in [5.74, 6) is 0.790. The molecule has 8 nitrogen and oxygen atoms in total. The van der Waals surface area contributed by atoms with Crippen molar-refractivity contribution in [1.29, 1.82) is 0 Å². The van der Waals surface area contributed by atoms with Gasteiger partial charge in [-0.3, -0.25) is 4.79 Å². The van der Waals surface area contributed by atoms with Crippen molar-refractivity contribution in [1.82, 2.24) is 29.8 Å². The SMILES string of the molecule is O=C(Cn1cnc2c(N3CCNCC3)ncnc21)c1nccs1. The molecule has 3 aromatic rings. The molecule has 1 aliphatic heterocycles. The van der Waals surface area contributed by atoms with E-state index in [0.717, 1.165) is 37.5 Å². The van der Waals surface area contributed by atoms with Crippen molar-refractivity contribution < 1.29 is 4.79 Å². The number of anilines is 1. The normalized spacial score (nSPS) is 15.2. The van der Waals surface area contributed by atoms with Crippen molar-refractivity contribution in [3.05, 3.63) is 29.2 Å². The van der Waals surface area contributed by atoms with Crippen molar-refractivity contribution in [2.45, 2.75) is 6.54 Å². The van der Waals surface area contributed by atoms with Gasteiger partial charge in [0.25, 0.3) is 0 Å². The minimum absolute atomic E-state index is 0.0402. The number of thiazole rings is 1. The van der Waals surface area contributed by atoms with E-state index >= 15 is 0 Å². The molecular formula is C14H15N7OS. The lowest BCUT2D eigenvalue weighted by molar-refractivity contribution is 0.0973. The number of nitrogens with zero attached hydrogens (tertiary/aromatic N) is 6. The van der Waals surface area contributed by atoms with E-state index in [1.54, 1.807) is 22.5 Å². The highest BCUT2D eigenvalue weighted by Crippen LogP contribution is 2.22. The van der Waals surface area contributed by atoms with E-state index < -0.39 is 0 Å². The first-order valence-electron chi connectivity index (χ1n) is 7.37. The molecule has 1 saturated heterocycles. The third-order valence-corrected chi connectivity index (χ3v) is 4.60. The zero-order chi connectivity index (χ0) is 15.6. The predicted octanol–water partition coefficient (Wildman–Crippen LogP) is 0.575. The number of fused-ring (bicyclic) bond motifs is 1. The fourth-order valence-corrected chi connectivity index (χ4v) is 3.24. The smallest absolute Gasteiger partial charge is 0.211 e. The van der Waals surface area contributed by atoms with Crippen molar-refractivity contribution in [3.8, 4) is 0 Å². The molecule has 3 aromatic heterocycles. The lowest BCUT2D eigenvalue weighted by Crippen LogP contribution is -2.44. The Morgan fingerprint density at radius 3 is 2.87 bits per heavy atom. The highest BCUT2D eigenvalue weighted by Gasteiger charge is 2.19. The first kappa shape index (κ1) is 14.2. The number of hydrogen-bond acceptors (Lipinski definition) is 8. The number of imidazole rings is 1. The second kappa shape index (κ2) is 6.01.